The molecule has 2 aromatic rings. The third kappa shape index (κ3) is 1.30. The van der Waals surface area contributed by atoms with E-state index in [-0.39, 0.29) is 0 Å². The lowest BCUT2D eigenvalue weighted by Crippen LogP contribution is -1.96. The van der Waals surface area contributed by atoms with Crippen molar-refractivity contribution in [3.05, 3.63) is 37.3 Å². The molecule has 0 spiro atoms. The molecule has 0 aliphatic rings. The molecule has 2 rings (SSSR count). The van der Waals surface area contributed by atoms with Crippen molar-refractivity contribution in [2.75, 3.05) is 5.73 Å². The number of hydrogen-bond acceptors (Lipinski definition) is 3. The minimum atomic E-state index is 0.494. The summed E-state index contributed by atoms with van der Waals surface area (Å²) in [5, 5.41) is 0.875. The molecule has 2 N–H and O–H groups in total. The monoisotopic (exact) mass is 200 g/mol. The molecule has 2 heterocycles. The molecule has 2 aromatic heterocycles. The number of nitrogen functional groups attached to an aromatic ring is 1. The molecule has 0 fully saturated rings. The highest BCUT2D eigenvalue weighted by Gasteiger charge is 2.10. The van der Waals surface area contributed by atoms with E-state index in [2.05, 4.69) is 23.1 Å². The largest absolute Gasteiger partial charge is 0.383 e. The molecule has 0 atom stereocenters. The molecule has 0 aliphatic heterocycles. The van der Waals surface area contributed by atoms with Gasteiger partial charge in [0.05, 0.1) is 5.39 Å². The summed E-state index contributed by atoms with van der Waals surface area (Å²) in [6.07, 6.45) is 5.06. The van der Waals surface area contributed by atoms with Crippen LogP contribution in [0.15, 0.2) is 31.8 Å². The van der Waals surface area contributed by atoms with Crippen LogP contribution in [0.4, 0.5) is 5.82 Å². The molecule has 4 heteroatoms. The molecule has 0 saturated carbocycles. The highest BCUT2D eigenvalue weighted by atomic mass is 15.1. The Bertz CT molecular complexity index is 551. The fourth-order valence-corrected chi connectivity index (χ4v) is 1.59. The fraction of sp³-hybridized carbons (Fsp3) is 0.0909. The maximum absolute atomic E-state index is 5.79. The Morgan fingerprint density at radius 3 is 2.93 bits per heavy atom. The van der Waals surface area contributed by atoms with Crippen LogP contribution in [0.5, 0.6) is 0 Å². The zero-order chi connectivity index (χ0) is 11.0. The maximum atomic E-state index is 5.79. The van der Waals surface area contributed by atoms with Gasteiger partial charge in [0.1, 0.15) is 17.8 Å². The van der Waals surface area contributed by atoms with Gasteiger partial charge in [-0.15, -0.1) is 0 Å². The molecule has 15 heavy (non-hydrogen) atoms. The van der Waals surface area contributed by atoms with Crippen molar-refractivity contribution in [3.63, 3.8) is 0 Å². The van der Waals surface area contributed by atoms with Gasteiger partial charge in [0, 0.05) is 11.9 Å². The van der Waals surface area contributed by atoms with Crippen LogP contribution in [0.25, 0.3) is 16.7 Å². The van der Waals surface area contributed by atoms with Gasteiger partial charge in [0.15, 0.2) is 0 Å². The van der Waals surface area contributed by atoms with Crippen LogP contribution in [0.2, 0.25) is 0 Å². The Hall–Kier alpha value is -2.10. The lowest BCUT2D eigenvalue weighted by Gasteiger charge is -2.02. The van der Waals surface area contributed by atoms with Crippen LogP contribution in [0.1, 0.15) is 5.56 Å². The summed E-state index contributed by atoms with van der Waals surface area (Å²) in [6, 6.07) is 0. The van der Waals surface area contributed by atoms with Gasteiger partial charge in [0.25, 0.3) is 0 Å². The number of anilines is 1. The van der Waals surface area contributed by atoms with E-state index in [1.807, 2.05) is 17.7 Å². The van der Waals surface area contributed by atoms with Gasteiger partial charge in [-0.1, -0.05) is 13.2 Å². The third-order valence-corrected chi connectivity index (χ3v) is 2.35. The second-order valence-corrected chi connectivity index (χ2v) is 3.34. The van der Waals surface area contributed by atoms with Crippen molar-refractivity contribution in [2.24, 2.45) is 0 Å². The summed E-state index contributed by atoms with van der Waals surface area (Å²) in [5.41, 5.74) is 8.36. The molecular weight excluding hydrogens is 188 g/mol. The Labute approximate surface area is 87.8 Å². The van der Waals surface area contributed by atoms with Gasteiger partial charge in [-0.05, 0) is 18.6 Å². The number of allylic oxidation sites excluding steroid dienone is 2. The number of aryl methyl sites for hydroxylation is 1. The van der Waals surface area contributed by atoms with E-state index in [9.17, 15) is 0 Å². The van der Waals surface area contributed by atoms with E-state index >= 15 is 0 Å². The smallest absolute Gasteiger partial charge is 0.150 e. The first-order valence-corrected chi connectivity index (χ1v) is 4.55. The first-order valence-electron chi connectivity index (χ1n) is 4.55. The summed E-state index contributed by atoms with van der Waals surface area (Å²) < 4.78 is 1.86. The van der Waals surface area contributed by atoms with Crippen molar-refractivity contribution in [1.82, 2.24) is 14.5 Å². The molecule has 0 aliphatic carbocycles. The van der Waals surface area contributed by atoms with Gasteiger partial charge < -0.3 is 10.3 Å². The second-order valence-electron chi connectivity index (χ2n) is 3.34. The van der Waals surface area contributed by atoms with Crippen LogP contribution in [-0.2, 0) is 0 Å². The predicted octanol–water partition coefficient (Wildman–Crippen LogP) is 1.98. The SMILES string of the molecule is C=CC(=C)n1cc(C)c2c(N)ncnc21. The van der Waals surface area contributed by atoms with Crippen LogP contribution >= 0.6 is 0 Å². The molecule has 0 unspecified atom stereocenters. The van der Waals surface area contributed by atoms with Crippen LogP contribution < -0.4 is 5.73 Å². The van der Waals surface area contributed by atoms with Crippen molar-refractivity contribution >= 4 is 22.5 Å². The minimum absolute atomic E-state index is 0.494. The van der Waals surface area contributed by atoms with Gasteiger partial charge in [-0.3, -0.25) is 0 Å². The van der Waals surface area contributed by atoms with E-state index in [0.717, 1.165) is 22.3 Å². The Balaban J connectivity index is 2.84. The van der Waals surface area contributed by atoms with Crippen molar-refractivity contribution in [3.8, 4) is 0 Å². The van der Waals surface area contributed by atoms with Crippen molar-refractivity contribution in [1.29, 1.82) is 0 Å². The molecule has 0 aromatic carbocycles. The van der Waals surface area contributed by atoms with Crippen LogP contribution in [-0.4, -0.2) is 14.5 Å². The normalized spacial score (nSPS) is 10.5. The number of nitrogens with zero attached hydrogens (tertiary/aromatic N) is 3. The van der Waals surface area contributed by atoms with Crippen molar-refractivity contribution in [2.45, 2.75) is 6.92 Å². The minimum Gasteiger partial charge on any atom is -0.383 e. The van der Waals surface area contributed by atoms with E-state index < -0.39 is 0 Å². The summed E-state index contributed by atoms with van der Waals surface area (Å²) in [7, 11) is 0. The molecule has 0 saturated heterocycles. The Morgan fingerprint density at radius 1 is 1.53 bits per heavy atom. The quantitative estimate of drug-likeness (QED) is 0.754. The first-order chi connectivity index (χ1) is 7.15. The van der Waals surface area contributed by atoms with E-state index in [0.29, 0.717) is 5.82 Å². The van der Waals surface area contributed by atoms with E-state index in [1.54, 1.807) is 6.08 Å². The summed E-state index contributed by atoms with van der Waals surface area (Å²) in [4.78, 5) is 8.16. The summed E-state index contributed by atoms with van der Waals surface area (Å²) in [6.45, 7) is 9.53. The molecule has 0 radical (unpaired) electrons. The highest BCUT2D eigenvalue weighted by Crippen LogP contribution is 2.24. The number of fused-ring (bicyclic) bond motifs is 1. The molecule has 0 bridgehead atoms. The number of aromatic nitrogens is 3. The second kappa shape index (κ2) is 3.24. The summed E-state index contributed by atoms with van der Waals surface area (Å²) in [5.74, 6) is 0.494. The van der Waals surface area contributed by atoms with Gasteiger partial charge >= 0.3 is 0 Å². The van der Waals surface area contributed by atoms with Gasteiger partial charge in [0.2, 0.25) is 0 Å². The number of nitrogens with two attached hydrogens (primary N) is 1. The number of hydrogen-bond donors (Lipinski definition) is 1. The molecule has 76 valence electrons. The molecule has 4 nitrogen and oxygen atoms in total. The van der Waals surface area contributed by atoms with Crippen LogP contribution in [0.3, 0.4) is 0 Å². The summed E-state index contributed by atoms with van der Waals surface area (Å²) >= 11 is 0. The predicted molar refractivity (Wildman–Crippen MR) is 62.2 cm³/mol. The standard InChI is InChI=1S/C11H12N4/c1-4-8(3)15-5-7(2)9-10(12)13-6-14-11(9)15/h4-6H,1,3H2,2H3,(H2,12,13,14). The van der Waals surface area contributed by atoms with Gasteiger partial charge in [-0.2, -0.15) is 0 Å². The number of rotatable bonds is 2. The van der Waals surface area contributed by atoms with Gasteiger partial charge in [-0.25, -0.2) is 9.97 Å². The van der Waals surface area contributed by atoms with Crippen molar-refractivity contribution < 1.29 is 0 Å². The topological polar surface area (TPSA) is 56.7 Å². The zero-order valence-corrected chi connectivity index (χ0v) is 8.57. The maximum Gasteiger partial charge on any atom is 0.150 e. The van der Waals surface area contributed by atoms with E-state index in [1.165, 1.54) is 6.33 Å². The fourth-order valence-electron chi connectivity index (χ4n) is 1.59. The average molecular weight is 200 g/mol. The lowest BCUT2D eigenvalue weighted by atomic mass is 10.2. The Kier molecular flexibility index (Phi) is 2.04. The molecule has 0 amide bonds. The molecular formula is C11H12N4. The zero-order valence-electron chi connectivity index (χ0n) is 8.57. The van der Waals surface area contributed by atoms with Crippen LogP contribution in [0, 0.1) is 6.92 Å². The first kappa shape index (κ1) is 9.45. The van der Waals surface area contributed by atoms with E-state index in [4.69, 9.17) is 5.73 Å². The lowest BCUT2D eigenvalue weighted by molar-refractivity contribution is 1.11. The highest BCUT2D eigenvalue weighted by molar-refractivity contribution is 5.91. The average Bonchev–Trinajstić information content (AvgIpc) is 2.56. The third-order valence-electron chi connectivity index (χ3n) is 2.35. The Morgan fingerprint density at radius 2 is 2.27 bits per heavy atom.